The number of quaternary nitrogens is 1. The van der Waals surface area contributed by atoms with Crippen LogP contribution in [-0.2, 0) is 4.74 Å². The highest BCUT2D eigenvalue weighted by Crippen LogP contribution is 2.25. The summed E-state index contributed by atoms with van der Waals surface area (Å²) in [5.74, 6) is 0. The molecule has 0 saturated carbocycles. The van der Waals surface area contributed by atoms with Gasteiger partial charge in [0.05, 0.1) is 26.2 Å². The first kappa shape index (κ1) is 18.9. The number of rotatable bonds is 7. The van der Waals surface area contributed by atoms with E-state index >= 15 is 0 Å². The number of benzene rings is 2. The summed E-state index contributed by atoms with van der Waals surface area (Å²) in [6.07, 6.45) is 2.67. The van der Waals surface area contributed by atoms with Crippen molar-refractivity contribution in [3.05, 3.63) is 71.3 Å². The van der Waals surface area contributed by atoms with E-state index in [-0.39, 0.29) is 18.5 Å². The summed E-state index contributed by atoms with van der Waals surface area (Å²) in [5.41, 5.74) is 7.25. The molecular formula is C20H27ClN2O. The third kappa shape index (κ3) is 5.32. The third-order valence-corrected chi connectivity index (χ3v) is 4.45. The molecule has 2 aromatic carbocycles. The van der Waals surface area contributed by atoms with Crippen LogP contribution in [0, 0.1) is 6.92 Å². The highest BCUT2D eigenvalue weighted by Gasteiger charge is 2.16. The molecule has 2 aromatic rings. The monoisotopic (exact) mass is 346 g/mol. The van der Waals surface area contributed by atoms with Crippen LogP contribution in [-0.4, -0.2) is 26.2 Å². The third-order valence-electron chi connectivity index (χ3n) is 4.45. The van der Waals surface area contributed by atoms with E-state index < -0.39 is 0 Å². The fourth-order valence-corrected chi connectivity index (χ4v) is 3.14. The molecule has 0 amide bonds. The fourth-order valence-electron chi connectivity index (χ4n) is 3.14. The highest BCUT2D eigenvalue weighted by molar-refractivity contribution is 5.31. The smallest absolute Gasteiger partial charge is 0.108 e. The first-order chi connectivity index (χ1) is 11.3. The molecule has 1 saturated heterocycles. The van der Waals surface area contributed by atoms with Gasteiger partial charge in [-0.1, -0.05) is 60.2 Å². The zero-order valence-corrected chi connectivity index (χ0v) is 15.1. The molecule has 0 aromatic heterocycles. The molecule has 0 spiro atoms. The van der Waals surface area contributed by atoms with Crippen LogP contribution in [0.3, 0.4) is 0 Å². The van der Waals surface area contributed by atoms with Gasteiger partial charge in [0.1, 0.15) is 6.10 Å². The number of ether oxygens (including phenoxy) is 1. The average Bonchev–Trinajstić information content (AvgIpc) is 3.10. The van der Waals surface area contributed by atoms with Crippen molar-refractivity contribution in [2.45, 2.75) is 25.9 Å². The second kappa shape index (κ2) is 9.80. The van der Waals surface area contributed by atoms with Crippen LogP contribution < -0.4 is 22.8 Å². The number of nitrogens with one attached hydrogen (secondary N) is 2. The molecule has 24 heavy (non-hydrogen) atoms. The maximum absolute atomic E-state index is 6.24. The maximum Gasteiger partial charge on any atom is 0.108 e. The summed E-state index contributed by atoms with van der Waals surface area (Å²) in [6, 6.07) is 19.1. The lowest BCUT2D eigenvalue weighted by atomic mass is 10.0. The highest BCUT2D eigenvalue weighted by atomic mass is 35.5. The molecule has 1 heterocycles. The second-order valence-corrected chi connectivity index (χ2v) is 6.31. The van der Waals surface area contributed by atoms with Gasteiger partial charge in [0.25, 0.3) is 0 Å². The molecule has 4 heteroatoms. The number of aryl methyl sites for hydroxylation is 1. The van der Waals surface area contributed by atoms with E-state index in [1.807, 2.05) is 6.07 Å². The van der Waals surface area contributed by atoms with Gasteiger partial charge in [-0.05, 0) is 18.1 Å². The van der Waals surface area contributed by atoms with Crippen molar-refractivity contribution in [1.82, 2.24) is 5.43 Å². The standard InChI is InChI=1S/C20H26N2O.ClH/c1-17-9-11-19(12-10-17)20(18-7-3-2-4-8-18)23-16-13-21-22-14-5-6-15-22;/h2-4,7-12,20-21H,5-6,13-16H2,1H3;1H. The van der Waals surface area contributed by atoms with Crippen LogP contribution >= 0.6 is 0 Å². The Kier molecular flexibility index (Phi) is 7.73. The molecule has 1 unspecified atom stereocenters. The van der Waals surface area contributed by atoms with Crippen LogP contribution in [0.5, 0.6) is 0 Å². The van der Waals surface area contributed by atoms with E-state index in [9.17, 15) is 0 Å². The molecule has 0 bridgehead atoms. The Balaban J connectivity index is 0.00000208. The molecule has 1 aliphatic heterocycles. The SMILES string of the molecule is Cc1ccc(C(OCCN[NH+]2CCCC2)c2ccccc2)cc1.[Cl-]. The summed E-state index contributed by atoms with van der Waals surface area (Å²) in [6.45, 7) is 6.20. The minimum absolute atomic E-state index is 0. The van der Waals surface area contributed by atoms with Crippen molar-refractivity contribution >= 4 is 0 Å². The van der Waals surface area contributed by atoms with Crippen LogP contribution in [0.25, 0.3) is 0 Å². The average molecular weight is 347 g/mol. The Bertz CT molecular complexity index is 582. The van der Waals surface area contributed by atoms with Crippen LogP contribution in [0.4, 0.5) is 0 Å². The Hall–Kier alpha value is -1.39. The van der Waals surface area contributed by atoms with Crippen molar-refractivity contribution in [2.24, 2.45) is 0 Å². The minimum atomic E-state index is 0. The molecule has 1 aliphatic rings. The Morgan fingerprint density at radius 2 is 1.58 bits per heavy atom. The van der Waals surface area contributed by atoms with Gasteiger partial charge in [-0.15, -0.1) is 0 Å². The summed E-state index contributed by atoms with van der Waals surface area (Å²) in [4.78, 5) is 0. The first-order valence-corrected chi connectivity index (χ1v) is 8.64. The molecule has 2 N–H and O–H groups in total. The number of hydrogen-bond donors (Lipinski definition) is 2. The zero-order chi connectivity index (χ0) is 15.9. The number of hydrogen-bond acceptors (Lipinski definition) is 2. The molecule has 1 fully saturated rings. The van der Waals surface area contributed by atoms with Gasteiger partial charge >= 0.3 is 0 Å². The van der Waals surface area contributed by atoms with Crippen LogP contribution in [0.15, 0.2) is 54.6 Å². The summed E-state index contributed by atoms with van der Waals surface area (Å²) >= 11 is 0. The first-order valence-electron chi connectivity index (χ1n) is 8.64. The molecule has 1 atom stereocenters. The van der Waals surface area contributed by atoms with E-state index in [0.717, 1.165) is 13.2 Å². The Morgan fingerprint density at radius 3 is 2.25 bits per heavy atom. The van der Waals surface area contributed by atoms with E-state index in [1.54, 1.807) is 0 Å². The van der Waals surface area contributed by atoms with E-state index in [4.69, 9.17) is 4.74 Å². The summed E-state index contributed by atoms with van der Waals surface area (Å²) < 4.78 is 6.24. The van der Waals surface area contributed by atoms with Gasteiger partial charge in [0, 0.05) is 12.8 Å². The largest absolute Gasteiger partial charge is 1.00 e. The van der Waals surface area contributed by atoms with Crippen LogP contribution in [0.2, 0.25) is 0 Å². The molecule has 0 aliphatic carbocycles. The molecular weight excluding hydrogens is 320 g/mol. The van der Waals surface area contributed by atoms with Gasteiger partial charge in [-0.3, -0.25) is 5.01 Å². The second-order valence-electron chi connectivity index (χ2n) is 6.31. The predicted molar refractivity (Wildman–Crippen MR) is 93.3 cm³/mol. The van der Waals surface area contributed by atoms with Crippen LogP contribution in [0.1, 0.15) is 35.6 Å². The predicted octanol–water partition coefficient (Wildman–Crippen LogP) is -0.712. The Morgan fingerprint density at radius 1 is 0.958 bits per heavy atom. The van der Waals surface area contributed by atoms with Crippen molar-refractivity contribution in [2.75, 3.05) is 26.2 Å². The van der Waals surface area contributed by atoms with Gasteiger partial charge in [0.2, 0.25) is 0 Å². The van der Waals surface area contributed by atoms with Crippen molar-refractivity contribution in [1.29, 1.82) is 0 Å². The summed E-state index contributed by atoms with van der Waals surface area (Å²) in [7, 11) is 0. The topological polar surface area (TPSA) is 25.7 Å². The molecule has 3 rings (SSSR count). The minimum Gasteiger partial charge on any atom is -1.00 e. The van der Waals surface area contributed by atoms with Crippen molar-refractivity contribution in [3.63, 3.8) is 0 Å². The van der Waals surface area contributed by atoms with E-state index in [0.29, 0.717) is 0 Å². The quantitative estimate of drug-likeness (QED) is 0.648. The van der Waals surface area contributed by atoms with Gasteiger partial charge in [-0.25, -0.2) is 0 Å². The zero-order valence-electron chi connectivity index (χ0n) is 14.3. The van der Waals surface area contributed by atoms with E-state index in [2.05, 4.69) is 60.9 Å². The van der Waals surface area contributed by atoms with E-state index in [1.165, 1.54) is 47.6 Å². The Labute approximate surface area is 151 Å². The van der Waals surface area contributed by atoms with Crippen molar-refractivity contribution < 1.29 is 22.2 Å². The lowest BCUT2D eigenvalue weighted by Gasteiger charge is -2.20. The van der Waals surface area contributed by atoms with Gasteiger partial charge in [-0.2, -0.15) is 5.43 Å². The molecule has 0 radical (unpaired) electrons. The van der Waals surface area contributed by atoms with Crippen molar-refractivity contribution in [3.8, 4) is 0 Å². The molecule has 3 nitrogen and oxygen atoms in total. The molecule has 130 valence electrons. The number of halogens is 1. The maximum atomic E-state index is 6.24. The lowest BCUT2D eigenvalue weighted by Crippen LogP contribution is -3.17. The summed E-state index contributed by atoms with van der Waals surface area (Å²) in [5, 5.41) is 1.50. The van der Waals surface area contributed by atoms with Gasteiger partial charge in [0.15, 0.2) is 0 Å². The van der Waals surface area contributed by atoms with Gasteiger partial charge < -0.3 is 17.1 Å². The lowest BCUT2D eigenvalue weighted by molar-refractivity contribution is -0.933. The normalized spacial score (nSPS) is 15.9. The fraction of sp³-hybridized carbons (Fsp3) is 0.400.